The molecule has 1 atom stereocenters. The average Bonchev–Trinajstić information content (AvgIpc) is 2.31. The summed E-state index contributed by atoms with van der Waals surface area (Å²) in [5.41, 5.74) is 3.10. The molecule has 100 valence electrons. The first-order valence-corrected chi connectivity index (χ1v) is 6.25. The van der Waals surface area contributed by atoms with Crippen LogP contribution in [0.4, 0.5) is 0 Å². The summed E-state index contributed by atoms with van der Waals surface area (Å²) in [5.74, 6) is 0.337. The summed E-state index contributed by atoms with van der Waals surface area (Å²) in [6.45, 7) is 11.8. The Kier molecular flexibility index (Phi) is 5.89. The van der Waals surface area contributed by atoms with Crippen molar-refractivity contribution in [3.8, 4) is 5.75 Å². The maximum Gasteiger partial charge on any atom is 0.120 e. The summed E-state index contributed by atoms with van der Waals surface area (Å²) in [5, 5.41) is 13.1. The van der Waals surface area contributed by atoms with Gasteiger partial charge in [0.2, 0.25) is 0 Å². The molecule has 1 unspecified atom stereocenters. The van der Waals surface area contributed by atoms with Gasteiger partial charge in [-0.1, -0.05) is 29.8 Å². The minimum absolute atomic E-state index is 0.110. The normalized spacial score (nSPS) is 12.4. The van der Waals surface area contributed by atoms with Gasteiger partial charge in [-0.25, -0.2) is 0 Å². The van der Waals surface area contributed by atoms with Crippen LogP contribution in [-0.2, 0) is 4.74 Å². The molecule has 0 aromatic heterocycles. The molecule has 1 aromatic rings. The fourth-order valence-corrected chi connectivity index (χ4v) is 1.72. The Morgan fingerprint density at radius 2 is 2.22 bits per heavy atom. The molecule has 0 fully saturated rings. The molecule has 0 saturated heterocycles. The number of phenolic OH excluding ortho intramolecular Hbond substituents is 1. The van der Waals surface area contributed by atoms with Gasteiger partial charge < -0.3 is 15.2 Å². The molecule has 1 aromatic carbocycles. The minimum atomic E-state index is 0.110. The van der Waals surface area contributed by atoms with E-state index in [9.17, 15) is 5.11 Å². The average molecular weight is 249 g/mol. The van der Waals surface area contributed by atoms with Crippen LogP contribution in [0.3, 0.4) is 0 Å². The predicted octanol–water partition coefficient (Wildman–Crippen LogP) is 2.94. The highest BCUT2D eigenvalue weighted by Crippen LogP contribution is 2.24. The highest BCUT2D eigenvalue weighted by molar-refractivity contribution is 5.37. The standard InChI is InChI=1S/C15H23NO2/c1-11(2)10-18-8-7-16-13(4)14-9-12(3)5-6-15(14)17/h5-6,9,13,16-17H,1,7-8,10H2,2-4H3. The van der Waals surface area contributed by atoms with Gasteiger partial charge in [0.05, 0.1) is 13.2 Å². The summed E-state index contributed by atoms with van der Waals surface area (Å²) in [6.07, 6.45) is 0. The van der Waals surface area contributed by atoms with Crippen LogP contribution in [-0.4, -0.2) is 24.9 Å². The zero-order chi connectivity index (χ0) is 13.5. The molecule has 2 N–H and O–H groups in total. The number of ether oxygens (including phenoxy) is 1. The molecular weight excluding hydrogens is 226 g/mol. The summed E-state index contributed by atoms with van der Waals surface area (Å²) < 4.78 is 5.41. The number of aromatic hydroxyl groups is 1. The van der Waals surface area contributed by atoms with E-state index in [1.807, 2.05) is 32.9 Å². The Morgan fingerprint density at radius 1 is 1.50 bits per heavy atom. The van der Waals surface area contributed by atoms with E-state index >= 15 is 0 Å². The van der Waals surface area contributed by atoms with E-state index in [2.05, 4.69) is 11.9 Å². The largest absolute Gasteiger partial charge is 0.508 e. The van der Waals surface area contributed by atoms with E-state index in [1.54, 1.807) is 6.07 Å². The van der Waals surface area contributed by atoms with Crippen LogP contribution in [0.25, 0.3) is 0 Å². The predicted molar refractivity (Wildman–Crippen MR) is 74.9 cm³/mol. The lowest BCUT2D eigenvalue weighted by Crippen LogP contribution is -2.23. The Hall–Kier alpha value is -1.32. The van der Waals surface area contributed by atoms with Gasteiger partial charge in [-0.15, -0.1) is 0 Å². The van der Waals surface area contributed by atoms with Crippen LogP contribution in [0.1, 0.15) is 31.0 Å². The lowest BCUT2D eigenvalue weighted by atomic mass is 10.0. The molecule has 0 saturated carbocycles. The van der Waals surface area contributed by atoms with Crippen LogP contribution in [0.5, 0.6) is 5.75 Å². The molecule has 0 amide bonds. The Bertz CT molecular complexity index is 401. The lowest BCUT2D eigenvalue weighted by molar-refractivity contribution is 0.155. The minimum Gasteiger partial charge on any atom is -0.508 e. The highest BCUT2D eigenvalue weighted by Gasteiger charge is 2.09. The van der Waals surface area contributed by atoms with Gasteiger partial charge in [-0.3, -0.25) is 0 Å². The van der Waals surface area contributed by atoms with Gasteiger partial charge >= 0.3 is 0 Å². The zero-order valence-electron chi connectivity index (χ0n) is 11.5. The van der Waals surface area contributed by atoms with Crippen molar-refractivity contribution < 1.29 is 9.84 Å². The van der Waals surface area contributed by atoms with Gasteiger partial charge in [0.25, 0.3) is 0 Å². The van der Waals surface area contributed by atoms with E-state index in [0.29, 0.717) is 19.0 Å². The Labute approximate surface area is 109 Å². The number of nitrogens with one attached hydrogen (secondary N) is 1. The molecule has 0 radical (unpaired) electrons. The number of rotatable bonds is 7. The van der Waals surface area contributed by atoms with Crippen molar-refractivity contribution in [2.24, 2.45) is 0 Å². The van der Waals surface area contributed by atoms with Gasteiger partial charge in [0, 0.05) is 18.2 Å². The molecule has 3 heteroatoms. The molecule has 1 rings (SSSR count). The molecule has 18 heavy (non-hydrogen) atoms. The fraction of sp³-hybridized carbons (Fsp3) is 0.467. The molecule has 0 heterocycles. The van der Waals surface area contributed by atoms with Crippen LogP contribution >= 0.6 is 0 Å². The van der Waals surface area contributed by atoms with Crippen molar-refractivity contribution in [3.05, 3.63) is 41.5 Å². The third-order valence-corrected chi connectivity index (χ3v) is 2.69. The Balaban J connectivity index is 2.38. The first-order chi connectivity index (χ1) is 8.50. The van der Waals surface area contributed by atoms with Crippen molar-refractivity contribution in [1.29, 1.82) is 0 Å². The summed E-state index contributed by atoms with van der Waals surface area (Å²) >= 11 is 0. The van der Waals surface area contributed by atoms with Crippen LogP contribution in [0, 0.1) is 6.92 Å². The summed E-state index contributed by atoms with van der Waals surface area (Å²) in [4.78, 5) is 0. The molecule has 0 spiro atoms. The number of hydrogen-bond acceptors (Lipinski definition) is 3. The molecule has 0 aliphatic heterocycles. The van der Waals surface area contributed by atoms with Crippen molar-refractivity contribution in [3.63, 3.8) is 0 Å². The quantitative estimate of drug-likeness (QED) is 0.576. The van der Waals surface area contributed by atoms with Crippen molar-refractivity contribution in [1.82, 2.24) is 5.32 Å². The maximum atomic E-state index is 9.80. The van der Waals surface area contributed by atoms with Gasteiger partial charge in [0.1, 0.15) is 5.75 Å². The summed E-state index contributed by atoms with van der Waals surface area (Å²) in [7, 11) is 0. The molecule has 3 nitrogen and oxygen atoms in total. The first-order valence-electron chi connectivity index (χ1n) is 6.25. The SMILES string of the molecule is C=C(C)COCCNC(C)c1cc(C)ccc1O. The third kappa shape index (κ3) is 4.90. The van der Waals surface area contributed by atoms with Gasteiger partial charge in [-0.2, -0.15) is 0 Å². The maximum absolute atomic E-state index is 9.80. The zero-order valence-corrected chi connectivity index (χ0v) is 11.5. The van der Waals surface area contributed by atoms with E-state index in [0.717, 1.165) is 23.2 Å². The monoisotopic (exact) mass is 249 g/mol. The number of phenols is 1. The van der Waals surface area contributed by atoms with Crippen molar-refractivity contribution >= 4 is 0 Å². The van der Waals surface area contributed by atoms with E-state index in [-0.39, 0.29) is 6.04 Å². The van der Waals surface area contributed by atoms with Gasteiger partial charge in [-0.05, 0) is 26.8 Å². The molecule has 0 aliphatic carbocycles. The highest BCUT2D eigenvalue weighted by atomic mass is 16.5. The molecular formula is C15H23NO2. The van der Waals surface area contributed by atoms with Gasteiger partial charge in [0.15, 0.2) is 0 Å². The van der Waals surface area contributed by atoms with Crippen molar-refractivity contribution in [2.45, 2.75) is 26.8 Å². The van der Waals surface area contributed by atoms with Crippen LogP contribution in [0.15, 0.2) is 30.4 Å². The number of aryl methyl sites for hydroxylation is 1. The molecule has 0 bridgehead atoms. The summed E-state index contributed by atoms with van der Waals surface area (Å²) in [6, 6.07) is 5.75. The first kappa shape index (κ1) is 14.7. The second kappa shape index (κ2) is 7.19. The van der Waals surface area contributed by atoms with Crippen LogP contribution < -0.4 is 5.32 Å². The topological polar surface area (TPSA) is 41.5 Å². The lowest BCUT2D eigenvalue weighted by Gasteiger charge is -2.16. The van der Waals surface area contributed by atoms with E-state index in [4.69, 9.17) is 4.74 Å². The smallest absolute Gasteiger partial charge is 0.120 e. The van der Waals surface area contributed by atoms with E-state index < -0.39 is 0 Å². The number of benzene rings is 1. The second-order valence-electron chi connectivity index (χ2n) is 4.75. The van der Waals surface area contributed by atoms with Crippen LogP contribution in [0.2, 0.25) is 0 Å². The fourth-order valence-electron chi connectivity index (χ4n) is 1.72. The molecule has 0 aliphatic rings. The number of hydrogen-bond donors (Lipinski definition) is 2. The van der Waals surface area contributed by atoms with E-state index in [1.165, 1.54) is 0 Å². The Morgan fingerprint density at radius 3 is 2.89 bits per heavy atom. The van der Waals surface area contributed by atoms with Crippen molar-refractivity contribution in [2.75, 3.05) is 19.8 Å². The second-order valence-corrected chi connectivity index (χ2v) is 4.75. The third-order valence-electron chi connectivity index (χ3n) is 2.69.